The van der Waals surface area contributed by atoms with Crippen molar-refractivity contribution in [1.82, 2.24) is 4.90 Å². The molecule has 1 aromatic rings. The van der Waals surface area contributed by atoms with Gasteiger partial charge in [-0.1, -0.05) is 0 Å². The summed E-state index contributed by atoms with van der Waals surface area (Å²) in [4.78, 5) is 47.3. The third-order valence-electron chi connectivity index (χ3n) is 4.40. The molecule has 12 heteroatoms. The van der Waals surface area contributed by atoms with Crippen LogP contribution >= 0.6 is 11.8 Å². The van der Waals surface area contributed by atoms with Gasteiger partial charge in [-0.05, 0) is 17.7 Å². The molecule has 11 nitrogen and oxygen atoms in total. The fourth-order valence-corrected chi connectivity index (χ4v) is 4.04. The number of carbonyl (C=O) groups is 4. The van der Waals surface area contributed by atoms with E-state index in [9.17, 15) is 24.3 Å². The zero-order valence-corrected chi connectivity index (χ0v) is 17.2. The molecule has 1 aromatic carbocycles. The van der Waals surface area contributed by atoms with Gasteiger partial charge in [-0.15, -0.1) is 11.8 Å². The summed E-state index contributed by atoms with van der Waals surface area (Å²) in [5.74, 6) is -4.31. The van der Waals surface area contributed by atoms with Crippen LogP contribution in [0.15, 0.2) is 12.1 Å². The Bertz CT molecular complexity index is 832. The Morgan fingerprint density at radius 1 is 1.17 bits per heavy atom. The summed E-state index contributed by atoms with van der Waals surface area (Å²) < 4.78 is 15.7. The van der Waals surface area contributed by atoms with Crippen molar-refractivity contribution in [2.75, 3.05) is 26.5 Å². The second kappa shape index (κ2) is 9.22. The number of hydrogen-bond acceptors (Lipinski definition) is 9. The summed E-state index contributed by atoms with van der Waals surface area (Å²) in [6.07, 6.45) is -0.708. The standard InChI is InChI=1S/C18H21NO10S/c1-9(20)29-14-11(27-2)6-10(7-12(14)28-3)15-19(13(21)8-30-15)5-4-18(26,16(22)23)17(24)25/h6-7,15,26H,4-5,8H2,1-3H3,(H,22,23)(H,24,25). The number of thioether (sulfide) groups is 1. The van der Waals surface area contributed by atoms with Gasteiger partial charge in [0, 0.05) is 19.9 Å². The maximum atomic E-state index is 12.3. The minimum absolute atomic E-state index is 0.0586. The number of nitrogens with zero attached hydrogens (tertiary/aromatic N) is 1. The Morgan fingerprint density at radius 2 is 1.70 bits per heavy atom. The monoisotopic (exact) mass is 443 g/mol. The summed E-state index contributed by atoms with van der Waals surface area (Å²) in [6, 6.07) is 3.06. The molecule has 1 unspecified atom stereocenters. The molecular formula is C18H21NO10S. The summed E-state index contributed by atoms with van der Waals surface area (Å²) in [7, 11) is 2.71. The number of amides is 1. The molecule has 1 fully saturated rings. The van der Waals surface area contributed by atoms with Gasteiger partial charge >= 0.3 is 17.9 Å². The fourth-order valence-electron chi connectivity index (χ4n) is 2.85. The number of carbonyl (C=O) groups excluding carboxylic acids is 2. The van der Waals surface area contributed by atoms with Gasteiger partial charge < -0.3 is 34.4 Å². The Hall–Kier alpha value is -2.99. The molecule has 3 N–H and O–H groups in total. The van der Waals surface area contributed by atoms with E-state index in [1.165, 1.54) is 49.9 Å². The minimum atomic E-state index is -3.02. The van der Waals surface area contributed by atoms with Crippen LogP contribution in [0, 0.1) is 0 Å². The van der Waals surface area contributed by atoms with Gasteiger partial charge in [0.1, 0.15) is 5.37 Å². The smallest absolute Gasteiger partial charge is 0.347 e. The largest absolute Gasteiger partial charge is 0.493 e. The molecule has 1 amide bonds. The number of aliphatic hydroxyl groups is 1. The molecule has 1 aliphatic rings. The Labute approximate surface area is 175 Å². The highest BCUT2D eigenvalue weighted by Gasteiger charge is 2.46. The number of rotatable bonds is 9. The highest BCUT2D eigenvalue weighted by atomic mass is 32.2. The van der Waals surface area contributed by atoms with Gasteiger partial charge in [-0.25, -0.2) is 9.59 Å². The van der Waals surface area contributed by atoms with Crippen LogP contribution in [0.4, 0.5) is 0 Å². The number of hydrogen-bond donors (Lipinski definition) is 3. The molecule has 0 saturated carbocycles. The van der Waals surface area contributed by atoms with Crippen molar-refractivity contribution in [2.24, 2.45) is 0 Å². The van der Waals surface area contributed by atoms with E-state index in [1.54, 1.807) is 0 Å². The second-order valence-corrected chi connectivity index (χ2v) is 7.39. The van der Waals surface area contributed by atoms with Crippen LogP contribution in [-0.4, -0.2) is 76.2 Å². The zero-order valence-electron chi connectivity index (χ0n) is 16.4. The lowest BCUT2D eigenvalue weighted by Gasteiger charge is -2.28. The first-order valence-electron chi connectivity index (χ1n) is 8.59. The summed E-state index contributed by atoms with van der Waals surface area (Å²) >= 11 is 1.22. The number of ether oxygens (including phenoxy) is 3. The molecule has 0 spiro atoms. The molecule has 1 atom stereocenters. The van der Waals surface area contributed by atoms with Gasteiger partial charge in [0.25, 0.3) is 5.60 Å². The molecular weight excluding hydrogens is 422 g/mol. The van der Waals surface area contributed by atoms with E-state index in [0.29, 0.717) is 5.56 Å². The molecule has 164 valence electrons. The number of benzene rings is 1. The Morgan fingerprint density at radius 3 is 2.13 bits per heavy atom. The first kappa shape index (κ1) is 23.3. The predicted octanol–water partition coefficient (Wildman–Crippen LogP) is 0.493. The third-order valence-corrected chi connectivity index (χ3v) is 5.66. The number of carboxylic acid groups (broad SMARTS) is 2. The average molecular weight is 443 g/mol. The number of carboxylic acids is 2. The van der Waals surface area contributed by atoms with Crippen molar-refractivity contribution in [3.8, 4) is 17.2 Å². The van der Waals surface area contributed by atoms with Crippen LogP contribution in [-0.2, 0) is 19.2 Å². The Balaban J connectivity index is 2.37. The van der Waals surface area contributed by atoms with Gasteiger partial charge in [0.2, 0.25) is 11.7 Å². The maximum absolute atomic E-state index is 12.3. The quantitative estimate of drug-likeness (QED) is 0.277. The lowest BCUT2D eigenvalue weighted by Crippen LogP contribution is -2.49. The predicted molar refractivity (Wildman–Crippen MR) is 103 cm³/mol. The van der Waals surface area contributed by atoms with Crippen LogP contribution < -0.4 is 14.2 Å². The van der Waals surface area contributed by atoms with E-state index >= 15 is 0 Å². The van der Waals surface area contributed by atoms with E-state index in [2.05, 4.69) is 0 Å². The van der Waals surface area contributed by atoms with E-state index in [-0.39, 0.29) is 35.5 Å². The highest BCUT2D eigenvalue weighted by molar-refractivity contribution is 8.00. The molecule has 1 aliphatic heterocycles. The van der Waals surface area contributed by atoms with E-state index in [1.807, 2.05) is 0 Å². The molecule has 0 bridgehead atoms. The number of esters is 1. The van der Waals surface area contributed by atoms with Gasteiger partial charge in [0.15, 0.2) is 11.5 Å². The number of methoxy groups -OCH3 is 2. The first-order chi connectivity index (χ1) is 14.0. The number of aliphatic carboxylic acids is 2. The summed E-state index contributed by atoms with van der Waals surface area (Å²) in [5.41, 5.74) is -2.50. The summed E-state index contributed by atoms with van der Waals surface area (Å²) in [5, 5.41) is 27.4. The fraction of sp³-hybridized carbons (Fsp3) is 0.444. The molecule has 0 aliphatic carbocycles. The normalized spacial score (nSPS) is 16.3. The molecule has 30 heavy (non-hydrogen) atoms. The lowest BCUT2D eigenvalue weighted by atomic mass is 10.00. The molecule has 2 rings (SSSR count). The summed E-state index contributed by atoms with van der Waals surface area (Å²) in [6.45, 7) is 0.897. The SMILES string of the molecule is COc1cc(C2SCC(=O)N2CCC(O)(C(=O)O)C(=O)O)cc(OC)c1OC(C)=O. The van der Waals surface area contributed by atoms with Crippen LogP contribution in [0.25, 0.3) is 0 Å². The zero-order chi connectivity index (χ0) is 22.6. The second-order valence-electron chi connectivity index (χ2n) is 6.32. The topological polar surface area (TPSA) is 160 Å². The van der Waals surface area contributed by atoms with Crippen molar-refractivity contribution in [3.05, 3.63) is 17.7 Å². The van der Waals surface area contributed by atoms with E-state index < -0.39 is 35.3 Å². The van der Waals surface area contributed by atoms with E-state index in [0.717, 1.165) is 0 Å². The van der Waals surface area contributed by atoms with Crippen LogP contribution in [0.1, 0.15) is 24.3 Å². The van der Waals surface area contributed by atoms with Gasteiger partial charge in [-0.3, -0.25) is 9.59 Å². The van der Waals surface area contributed by atoms with Crippen molar-refractivity contribution in [1.29, 1.82) is 0 Å². The van der Waals surface area contributed by atoms with Crippen LogP contribution in [0.2, 0.25) is 0 Å². The van der Waals surface area contributed by atoms with Crippen molar-refractivity contribution in [2.45, 2.75) is 24.3 Å². The Kier molecular flexibility index (Phi) is 7.16. The van der Waals surface area contributed by atoms with Crippen molar-refractivity contribution >= 4 is 35.6 Å². The lowest BCUT2D eigenvalue weighted by molar-refractivity contribution is -0.177. The van der Waals surface area contributed by atoms with Gasteiger partial charge in [-0.2, -0.15) is 0 Å². The average Bonchev–Trinajstić information content (AvgIpc) is 3.05. The molecule has 1 heterocycles. The molecule has 0 radical (unpaired) electrons. The highest BCUT2D eigenvalue weighted by Crippen LogP contribution is 2.46. The molecule has 0 aromatic heterocycles. The van der Waals surface area contributed by atoms with Crippen molar-refractivity contribution < 1.29 is 48.7 Å². The van der Waals surface area contributed by atoms with Crippen LogP contribution in [0.3, 0.4) is 0 Å². The minimum Gasteiger partial charge on any atom is -0.493 e. The maximum Gasteiger partial charge on any atom is 0.347 e. The van der Waals surface area contributed by atoms with E-state index in [4.69, 9.17) is 24.4 Å². The van der Waals surface area contributed by atoms with Crippen molar-refractivity contribution in [3.63, 3.8) is 0 Å². The van der Waals surface area contributed by atoms with Crippen LogP contribution in [0.5, 0.6) is 17.2 Å². The first-order valence-corrected chi connectivity index (χ1v) is 9.64. The third kappa shape index (κ3) is 4.60. The van der Waals surface area contributed by atoms with Gasteiger partial charge in [0.05, 0.1) is 20.0 Å². The molecule has 1 saturated heterocycles.